The first-order valence-corrected chi connectivity index (χ1v) is 11.6. The maximum atomic E-state index is 12.7. The molecule has 1 atom stereocenters. The SMILES string of the molecule is C=CCn1c(SCC(=O)Nc2cccc(Cl)c2)nnc1[C@H](CO)NC(=O)c1ccc(OC)cc1. The highest BCUT2D eigenvalue weighted by Gasteiger charge is 2.23. The lowest BCUT2D eigenvalue weighted by molar-refractivity contribution is -0.113. The zero-order chi connectivity index (χ0) is 24.5. The molecule has 0 radical (unpaired) electrons. The van der Waals surface area contributed by atoms with E-state index in [4.69, 9.17) is 16.3 Å². The number of hydrogen-bond donors (Lipinski definition) is 3. The number of thioether (sulfide) groups is 1. The number of aromatic nitrogens is 3. The zero-order valence-electron chi connectivity index (χ0n) is 18.4. The van der Waals surface area contributed by atoms with Crippen LogP contribution in [-0.2, 0) is 11.3 Å². The van der Waals surface area contributed by atoms with Crippen molar-refractivity contribution in [2.24, 2.45) is 0 Å². The van der Waals surface area contributed by atoms with Crippen molar-refractivity contribution >= 4 is 40.9 Å². The van der Waals surface area contributed by atoms with Crippen molar-refractivity contribution in [3.8, 4) is 5.75 Å². The summed E-state index contributed by atoms with van der Waals surface area (Å²) < 4.78 is 6.80. The van der Waals surface area contributed by atoms with Gasteiger partial charge in [-0.2, -0.15) is 0 Å². The van der Waals surface area contributed by atoms with Crippen LogP contribution in [0.4, 0.5) is 5.69 Å². The normalized spacial score (nSPS) is 11.5. The van der Waals surface area contributed by atoms with Crippen LogP contribution in [0.15, 0.2) is 66.3 Å². The van der Waals surface area contributed by atoms with Crippen LogP contribution in [-0.4, -0.2) is 51.2 Å². The molecule has 0 saturated carbocycles. The number of hydrogen-bond acceptors (Lipinski definition) is 7. The molecule has 34 heavy (non-hydrogen) atoms. The van der Waals surface area contributed by atoms with Gasteiger partial charge in [0, 0.05) is 22.8 Å². The smallest absolute Gasteiger partial charge is 0.251 e. The Balaban J connectivity index is 1.69. The highest BCUT2D eigenvalue weighted by molar-refractivity contribution is 7.99. The molecule has 0 aliphatic rings. The van der Waals surface area contributed by atoms with Crippen LogP contribution in [0, 0.1) is 0 Å². The van der Waals surface area contributed by atoms with E-state index in [-0.39, 0.29) is 17.6 Å². The lowest BCUT2D eigenvalue weighted by Crippen LogP contribution is -2.33. The summed E-state index contributed by atoms with van der Waals surface area (Å²) in [6.07, 6.45) is 1.64. The van der Waals surface area contributed by atoms with Gasteiger partial charge in [0.05, 0.1) is 19.5 Å². The Labute approximate surface area is 206 Å². The Kier molecular flexibility index (Phi) is 9.08. The van der Waals surface area contributed by atoms with Crippen molar-refractivity contribution < 1.29 is 19.4 Å². The van der Waals surface area contributed by atoms with Crippen molar-refractivity contribution in [1.29, 1.82) is 0 Å². The molecule has 0 aliphatic heterocycles. The third-order valence-corrected chi connectivity index (χ3v) is 5.85. The molecule has 3 N–H and O–H groups in total. The first kappa shape index (κ1) is 25.3. The van der Waals surface area contributed by atoms with Gasteiger partial charge in [0.2, 0.25) is 5.91 Å². The number of carbonyl (C=O) groups is 2. The number of nitrogens with zero attached hydrogens (tertiary/aromatic N) is 3. The molecule has 1 aromatic heterocycles. The van der Waals surface area contributed by atoms with E-state index in [1.54, 1.807) is 66.3 Å². The third-order valence-electron chi connectivity index (χ3n) is 4.65. The van der Waals surface area contributed by atoms with E-state index in [9.17, 15) is 14.7 Å². The molecular formula is C23H24ClN5O4S. The van der Waals surface area contributed by atoms with E-state index in [1.165, 1.54) is 11.8 Å². The van der Waals surface area contributed by atoms with Gasteiger partial charge in [-0.25, -0.2) is 0 Å². The number of nitrogens with one attached hydrogen (secondary N) is 2. The van der Waals surface area contributed by atoms with Gasteiger partial charge >= 0.3 is 0 Å². The second kappa shape index (κ2) is 12.2. The van der Waals surface area contributed by atoms with Crippen molar-refractivity contribution in [2.45, 2.75) is 17.7 Å². The summed E-state index contributed by atoms with van der Waals surface area (Å²) in [5, 5.41) is 24.7. The fraction of sp³-hybridized carbons (Fsp3) is 0.217. The lowest BCUT2D eigenvalue weighted by Gasteiger charge is -2.17. The molecule has 1 heterocycles. The minimum Gasteiger partial charge on any atom is -0.497 e. The number of rotatable bonds is 11. The molecule has 178 valence electrons. The number of benzene rings is 2. The fourth-order valence-corrected chi connectivity index (χ4v) is 3.98. The van der Waals surface area contributed by atoms with Gasteiger partial charge in [0.15, 0.2) is 11.0 Å². The lowest BCUT2D eigenvalue weighted by atomic mass is 10.2. The van der Waals surface area contributed by atoms with Crippen LogP contribution in [0.1, 0.15) is 22.2 Å². The van der Waals surface area contributed by atoms with Crippen LogP contribution < -0.4 is 15.4 Å². The highest BCUT2D eigenvalue weighted by Crippen LogP contribution is 2.22. The number of ether oxygens (including phenoxy) is 1. The summed E-state index contributed by atoms with van der Waals surface area (Å²) in [7, 11) is 1.54. The predicted octanol–water partition coefficient (Wildman–Crippen LogP) is 3.32. The quantitative estimate of drug-likeness (QED) is 0.272. The van der Waals surface area contributed by atoms with Crippen molar-refractivity contribution in [1.82, 2.24) is 20.1 Å². The van der Waals surface area contributed by atoms with Crippen LogP contribution in [0.3, 0.4) is 0 Å². The van der Waals surface area contributed by atoms with E-state index in [0.29, 0.717) is 39.5 Å². The molecule has 2 amide bonds. The van der Waals surface area contributed by atoms with E-state index in [0.717, 1.165) is 0 Å². The molecular weight excluding hydrogens is 478 g/mol. The number of allylic oxidation sites excluding steroid dienone is 1. The largest absolute Gasteiger partial charge is 0.497 e. The summed E-state index contributed by atoms with van der Waals surface area (Å²) >= 11 is 7.12. The topological polar surface area (TPSA) is 118 Å². The van der Waals surface area contributed by atoms with Gasteiger partial charge in [-0.3, -0.25) is 9.59 Å². The van der Waals surface area contributed by atoms with Crippen molar-refractivity contribution in [2.75, 3.05) is 24.8 Å². The second-order valence-corrected chi connectivity index (χ2v) is 8.40. The van der Waals surface area contributed by atoms with Crippen LogP contribution in [0.25, 0.3) is 0 Å². The van der Waals surface area contributed by atoms with Crippen molar-refractivity contribution in [3.63, 3.8) is 0 Å². The molecule has 0 spiro atoms. The van der Waals surface area contributed by atoms with E-state index in [2.05, 4.69) is 27.4 Å². The Morgan fingerprint density at radius 3 is 2.68 bits per heavy atom. The van der Waals surface area contributed by atoms with Gasteiger partial charge in [-0.1, -0.05) is 35.5 Å². The average molecular weight is 502 g/mol. The summed E-state index contributed by atoms with van der Waals surface area (Å²) in [6, 6.07) is 12.6. The Morgan fingerprint density at radius 2 is 2.03 bits per heavy atom. The molecule has 11 heteroatoms. The molecule has 0 unspecified atom stereocenters. The highest BCUT2D eigenvalue weighted by atomic mass is 35.5. The Hall–Kier alpha value is -3.34. The summed E-state index contributed by atoms with van der Waals surface area (Å²) in [6.45, 7) is 3.69. The molecule has 0 aliphatic carbocycles. The number of aliphatic hydroxyl groups excluding tert-OH is 1. The number of anilines is 1. The number of carbonyl (C=O) groups excluding carboxylic acids is 2. The third kappa shape index (κ3) is 6.60. The van der Waals surface area contributed by atoms with Gasteiger partial charge in [0.1, 0.15) is 11.8 Å². The second-order valence-electron chi connectivity index (χ2n) is 7.02. The molecule has 0 saturated heterocycles. The first-order valence-electron chi connectivity index (χ1n) is 10.2. The van der Waals surface area contributed by atoms with E-state index < -0.39 is 12.6 Å². The maximum absolute atomic E-state index is 12.7. The Morgan fingerprint density at radius 1 is 1.26 bits per heavy atom. The van der Waals surface area contributed by atoms with E-state index >= 15 is 0 Å². The summed E-state index contributed by atoms with van der Waals surface area (Å²) in [4.78, 5) is 25.0. The van der Waals surface area contributed by atoms with Crippen LogP contribution >= 0.6 is 23.4 Å². The summed E-state index contributed by atoms with van der Waals surface area (Å²) in [5.41, 5.74) is 0.995. The predicted molar refractivity (Wildman–Crippen MR) is 131 cm³/mol. The van der Waals surface area contributed by atoms with Gasteiger partial charge in [0.25, 0.3) is 5.91 Å². The van der Waals surface area contributed by atoms with Crippen molar-refractivity contribution in [3.05, 3.63) is 77.6 Å². The summed E-state index contributed by atoms with van der Waals surface area (Å²) in [5.74, 6) is 0.423. The number of aliphatic hydroxyl groups is 1. The first-order chi connectivity index (χ1) is 16.4. The number of amides is 2. The average Bonchev–Trinajstić information content (AvgIpc) is 3.23. The molecule has 0 bridgehead atoms. The van der Waals surface area contributed by atoms with Crippen LogP contribution in [0.2, 0.25) is 5.02 Å². The molecule has 3 aromatic rings. The minimum absolute atomic E-state index is 0.0732. The zero-order valence-corrected chi connectivity index (χ0v) is 20.0. The maximum Gasteiger partial charge on any atom is 0.251 e. The minimum atomic E-state index is -0.809. The molecule has 2 aromatic carbocycles. The van der Waals surface area contributed by atoms with E-state index in [1.807, 2.05) is 0 Å². The molecule has 3 rings (SSSR count). The van der Waals surface area contributed by atoms with Gasteiger partial charge < -0.3 is 25.0 Å². The molecule has 0 fully saturated rings. The van der Waals surface area contributed by atoms with Gasteiger partial charge in [-0.15, -0.1) is 16.8 Å². The number of methoxy groups -OCH3 is 1. The van der Waals surface area contributed by atoms with Gasteiger partial charge in [-0.05, 0) is 42.5 Å². The molecule has 9 nitrogen and oxygen atoms in total. The monoisotopic (exact) mass is 501 g/mol. The standard InChI is InChI=1S/C23H24ClN5O4S/c1-3-11-29-21(19(13-30)26-22(32)15-7-9-18(33-2)10-8-15)27-28-23(29)34-14-20(31)25-17-6-4-5-16(24)12-17/h3-10,12,19,30H,1,11,13-14H2,2H3,(H,25,31)(H,26,32)/t19-/m0/s1. The Bertz CT molecular complexity index is 1150. The fourth-order valence-electron chi connectivity index (χ4n) is 3.03. The van der Waals surface area contributed by atoms with Crippen LogP contribution in [0.5, 0.6) is 5.75 Å². The number of halogens is 1.